The Morgan fingerprint density at radius 1 is 1.30 bits per heavy atom. The van der Waals surface area contributed by atoms with E-state index in [1.54, 1.807) is 0 Å². The third-order valence-corrected chi connectivity index (χ3v) is 3.80. The van der Waals surface area contributed by atoms with E-state index in [2.05, 4.69) is 10.1 Å². The first kappa shape index (κ1) is 15.3. The molecule has 0 aliphatic heterocycles. The van der Waals surface area contributed by atoms with Gasteiger partial charge in [0.1, 0.15) is 0 Å². The molecular formula is C13H11F3N4O3. The number of aryl methyl sites for hydroxylation is 1. The molecule has 0 bridgehead atoms. The number of halogens is 3. The number of hydrogen-bond acceptors (Lipinski definition) is 4. The lowest BCUT2D eigenvalue weighted by Crippen LogP contribution is -2.27. The van der Waals surface area contributed by atoms with Crippen molar-refractivity contribution >= 4 is 0 Å². The van der Waals surface area contributed by atoms with Gasteiger partial charge in [0.2, 0.25) is 0 Å². The standard InChI is InChI=1S/C13H11F3N4O3/c1-20-11(22)6(5-2-8(5)13(14,15)16)3-9(19-20)7-4-17-12(23)18-10(7)21/h3-5,8H,2H2,1H3,(H2,17,18,21,23). The van der Waals surface area contributed by atoms with Crippen molar-refractivity contribution in [3.63, 3.8) is 0 Å². The summed E-state index contributed by atoms with van der Waals surface area (Å²) in [7, 11) is 1.29. The number of aromatic amines is 2. The highest BCUT2D eigenvalue weighted by atomic mass is 19.4. The first-order valence-electron chi connectivity index (χ1n) is 6.66. The molecule has 122 valence electrons. The van der Waals surface area contributed by atoms with Gasteiger partial charge in [-0.1, -0.05) is 0 Å². The molecule has 2 heterocycles. The number of alkyl halides is 3. The van der Waals surface area contributed by atoms with Crippen LogP contribution in [0.2, 0.25) is 0 Å². The Kier molecular flexibility index (Phi) is 3.27. The third kappa shape index (κ3) is 2.71. The molecule has 1 aliphatic carbocycles. The molecule has 2 aromatic heterocycles. The van der Waals surface area contributed by atoms with Crippen LogP contribution in [0.5, 0.6) is 0 Å². The van der Waals surface area contributed by atoms with Gasteiger partial charge in [-0.3, -0.25) is 14.6 Å². The normalized spacial score (nSPS) is 20.5. The van der Waals surface area contributed by atoms with Gasteiger partial charge in [-0.2, -0.15) is 18.3 Å². The van der Waals surface area contributed by atoms with E-state index in [0.29, 0.717) is 0 Å². The van der Waals surface area contributed by atoms with Crippen molar-refractivity contribution in [3.8, 4) is 11.3 Å². The van der Waals surface area contributed by atoms with Crippen molar-refractivity contribution in [1.82, 2.24) is 19.7 Å². The van der Waals surface area contributed by atoms with E-state index in [9.17, 15) is 27.6 Å². The van der Waals surface area contributed by atoms with Gasteiger partial charge >= 0.3 is 11.9 Å². The van der Waals surface area contributed by atoms with Gasteiger partial charge in [-0.25, -0.2) is 9.48 Å². The Morgan fingerprint density at radius 3 is 2.57 bits per heavy atom. The van der Waals surface area contributed by atoms with Gasteiger partial charge in [0.15, 0.2) is 0 Å². The van der Waals surface area contributed by atoms with E-state index in [1.165, 1.54) is 13.1 Å². The fraction of sp³-hybridized carbons (Fsp3) is 0.385. The van der Waals surface area contributed by atoms with E-state index < -0.39 is 34.8 Å². The van der Waals surface area contributed by atoms with Gasteiger partial charge < -0.3 is 4.98 Å². The molecule has 0 radical (unpaired) electrons. The van der Waals surface area contributed by atoms with Crippen LogP contribution in [-0.4, -0.2) is 25.9 Å². The molecule has 2 unspecified atom stereocenters. The summed E-state index contributed by atoms with van der Waals surface area (Å²) in [6.07, 6.45) is -3.43. The SMILES string of the molecule is Cn1nc(-c2c[nH]c(=O)[nH]c2=O)cc(C2CC2C(F)(F)F)c1=O. The lowest BCUT2D eigenvalue weighted by Gasteiger charge is -2.08. The molecule has 2 aromatic rings. The highest BCUT2D eigenvalue weighted by Gasteiger charge is 2.57. The Balaban J connectivity index is 2.10. The number of aromatic nitrogens is 4. The Labute approximate surface area is 125 Å². The lowest BCUT2D eigenvalue weighted by atomic mass is 10.1. The largest absolute Gasteiger partial charge is 0.392 e. The lowest BCUT2D eigenvalue weighted by molar-refractivity contribution is -0.148. The summed E-state index contributed by atoms with van der Waals surface area (Å²) < 4.78 is 39.1. The van der Waals surface area contributed by atoms with Crippen LogP contribution in [0.25, 0.3) is 11.3 Å². The minimum absolute atomic E-state index is 0.0208. The second-order valence-electron chi connectivity index (χ2n) is 5.39. The van der Waals surface area contributed by atoms with Crippen molar-refractivity contribution in [2.75, 3.05) is 0 Å². The van der Waals surface area contributed by atoms with Crippen LogP contribution in [-0.2, 0) is 7.05 Å². The van der Waals surface area contributed by atoms with Crippen LogP contribution in [0.3, 0.4) is 0 Å². The zero-order chi connectivity index (χ0) is 16.9. The first-order chi connectivity index (χ1) is 10.7. The molecule has 1 saturated carbocycles. The topological polar surface area (TPSA) is 101 Å². The molecule has 3 rings (SSSR count). The molecule has 0 amide bonds. The minimum Gasteiger partial charge on any atom is -0.313 e. The molecule has 1 aliphatic rings. The van der Waals surface area contributed by atoms with Crippen molar-refractivity contribution in [3.05, 3.63) is 49.0 Å². The number of hydrogen-bond donors (Lipinski definition) is 2. The van der Waals surface area contributed by atoms with Crippen molar-refractivity contribution in [2.45, 2.75) is 18.5 Å². The summed E-state index contributed by atoms with van der Waals surface area (Å²) in [4.78, 5) is 39.1. The summed E-state index contributed by atoms with van der Waals surface area (Å²) in [5.41, 5.74) is -2.15. The van der Waals surface area contributed by atoms with Crippen LogP contribution in [0.15, 0.2) is 26.6 Å². The maximum absolute atomic E-state index is 12.7. The van der Waals surface area contributed by atoms with Crippen molar-refractivity contribution in [2.24, 2.45) is 13.0 Å². The zero-order valence-corrected chi connectivity index (χ0v) is 11.8. The average molecular weight is 328 g/mol. The first-order valence-corrected chi connectivity index (χ1v) is 6.66. The van der Waals surface area contributed by atoms with Gasteiger partial charge in [0.05, 0.1) is 17.2 Å². The second-order valence-corrected chi connectivity index (χ2v) is 5.39. The van der Waals surface area contributed by atoms with Gasteiger partial charge in [-0.05, 0) is 12.5 Å². The van der Waals surface area contributed by atoms with E-state index in [0.717, 1.165) is 10.9 Å². The Hall–Kier alpha value is -2.65. The van der Waals surface area contributed by atoms with Crippen LogP contribution in [0, 0.1) is 5.92 Å². The number of nitrogens with zero attached hydrogens (tertiary/aromatic N) is 2. The van der Waals surface area contributed by atoms with Crippen molar-refractivity contribution < 1.29 is 13.2 Å². The summed E-state index contributed by atoms with van der Waals surface area (Å²) in [6, 6.07) is 1.18. The van der Waals surface area contributed by atoms with E-state index in [-0.39, 0.29) is 23.2 Å². The fourth-order valence-corrected chi connectivity index (χ4v) is 2.53. The minimum atomic E-state index is -4.37. The van der Waals surface area contributed by atoms with Crippen LogP contribution < -0.4 is 16.8 Å². The molecule has 2 N–H and O–H groups in total. The maximum Gasteiger partial charge on any atom is 0.392 e. The summed E-state index contributed by atoms with van der Waals surface area (Å²) >= 11 is 0. The molecule has 0 spiro atoms. The molecule has 23 heavy (non-hydrogen) atoms. The Morgan fingerprint density at radius 2 is 2.00 bits per heavy atom. The summed E-state index contributed by atoms with van der Waals surface area (Å²) in [5.74, 6) is -2.49. The van der Waals surface area contributed by atoms with Crippen LogP contribution >= 0.6 is 0 Å². The fourth-order valence-electron chi connectivity index (χ4n) is 2.53. The predicted molar refractivity (Wildman–Crippen MR) is 73.1 cm³/mol. The van der Waals surface area contributed by atoms with Gasteiger partial charge in [0.25, 0.3) is 11.1 Å². The highest BCUT2D eigenvalue weighted by Crippen LogP contribution is 2.55. The van der Waals surface area contributed by atoms with Crippen molar-refractivity contribution in [1.29, 1.82) is 0 Å². The van der Waals surface area contributed by atoms with E-state index >= 15 is 0 Å². The van der Waals surface area contributed by atoms with E-state index in [4.69, 9.17) is 0 Å². The molecular weight excluding hydrogens is 317 g/mol. The highest BCUT2D eigenvalue weighted by molar-refractivity contribution is 5.57. The average Bonchev–Trinajstić information content (AvgIpc) is 3.22. The van der Waals surface area contributed by atoms with Crippen LogP contribution in [0.4, 0.5) is 13.2 Å². The third-order valence-electron chi connectivity index (χ3n) is 3.80. The Bertz CT molecular complexity index is 941. The maximum atomic E-state index is 12.7. The molecule has 0 aromatic carbocycles. The molecule has 7 nitrogen and oxygen atoms in total. The number of H-pyrrole nitrogens is 2. The monoisotopic (exact) mass is 328 g/mol. The quantitative estimate of drug-likeness (QED) is 0.838. The molecule has 1 fully saturated rings. The molecule has 2 atom stereocenters. The summed E-state index contributed by atoms with van der Waals surface area (Å²) in [5, 5.41) is 3.87. The van der Waals surface area contributed by atoms with Crippen LogP contribution in [0.1, 0.15) is 17.9 Å². The van der Waals surface area contributed by atoms with E-state index in [1.807, 2.05) is 4.98 Å². The zero-order valence-electron chi connectivity index (χ0n) is 11.8. The van der Waals surface area contributed by atoms with Gasteiger partial charge in [-0.15, -0.1) is 0 Å². The molecule has 0 saturated heterocycles. The second kappa shape index (κ2) is 4.93. The number of nitrogens with one attached hydrogen (secondary N) is 2. The van der Waals surface area contributed by atoms with Gasteiger partial charge in [0, 0.05) is 24.7 Å². The predicted octanol–water partition coefficient (Wildman–Crippen LogP) is 0.490. The molecule has 10 heteroatoms. The summed E-state index contributed by atoms with van der Waals surface area (Å²) in [6.45, 7) is 0. The number of rotatable bonds is 2. The smallest absolute Gasteiger partial charge is 0.313 e.